The number of methoxy groups -OCH3 is 1. The standard InChI is InChI=1S/C16H17NO5S/c1-4-9(2)17-15(18)14(23-16(17)19)6-10-5-12-13(22-8-21-12)7-11(10)20-3/h5-7,9H,4,8H2,1-3H3. The molecule has 2 heterocycles. The van der Waals surface area contributed by atoms with Crippen LogP contribution in [-0.4, -0.2) is 36.0 Å². The van der Waals surface area contributed by atoms with Gasteiger partial charge in [0.2, 0.25) is 6.79 Å². The molecule has 1 unspecified atom stereocenters. The molecule has 0 N–H and O–H groups in total. The van der Waals surface area contributed by atoms with Gasteiger partial charge >= 0.3 is 0 Å². The second-order valence-electron chi connectivity index (χ2n) is 5.26. The van der Waals surface area contributed by atoms with Gasteiger partial charge in [-0.15, -0.1) is 0 Å². The molecule has 1 fully saturated rings. The van der Waals surface area contributed by atoms with E-state index in [0.29, 0.717) is 27.7 Å². The van der Waals surface area contributed by atoms with Gasteiger partial charge in [-0.25, -0.2) is 0 Å². The molecule has 0 aliphatic carbocycles. The van der Waals surface area contributed by atoms with E-state index in [4.69, 9.17) is 14.2 Å². The van der Waals surface area contributed by atoms with Crippen molar-refractivity contribution in [2.75, 3.05) is 13.9 Å². The van der Waals surface area contributed by atoms with E-state index >= 15 is 0 Å². The van der Waals surface area contributed by atoms with Crippen molar-refractivity contribution < 1.29 is 23.8 Å². The predicted octanol–water partition coefficient (Wildman–Crippen LogP) is 3.26. The minimum Gasteiger partial charge on any atom is -0.496 e. The first-order valence-electron chi connectivity index (χ1n) is 7.29. The van der Waals surface area contributed by atoms with Crippen LogP contribution in [-0.2, 0) is 4.79 Å². The van der Waals surface area contributed by atoms with Crippen LogP contribution in [0.1, 0.15) is 25.8 Å². The Kier molecular flexibility index (Phi) is 4.21. The van der Waals surface area contributed by atoms with Gasteiger partial charge in [0, 0.05) is 17.7 Å². The lowest BCUT2D eigenvalue weighted by Crippen LogP contribution is -2.36. The predicted molar refractivity (Wildman–Crippen MR) is 86.7 cm³/mol. The Labute approximate surface area is 138 Å². The monoisotopic (exact) mass is 335 g/mol. The summed E-state index contributed by atoms with van der Waals surface area (Å²) in [5.41, 5.74) is 0.673. The first-order valence-corrected chi connectivity index (χ1v) is 8.11. The molecule has 2 amide bonds. The van der Waals surface area contributed by atoms with Crippen LogP contribution in [0.4, 0.5) is 4.79 Å². The minimum atomic E-state index is -0.269. The Bertz CT molecular complexity index is 700. The molecule has 0 spiro atoms. The molecule has 0 aromatic heterocycles. The molecule has 1 aromatic rings. The summed E-state index contributed by atoms with van der Waals surface area (Å²) < 4.78 is 16.0. The van der Waals surface area contributed by atoms with Crippen LogP contribution in [0.3, 0.4) is 0 Å². The molecule has 0 saturated carbocycles. The summed E-state index contributed by atoms with van der Waals surface area (Å²) in [6, 6.07) is 3.35. The van der Waals surface area contributed by atoms with Crippen LogP contribution >= 0.6 is 11.8 Å². The number of ether oxygens (including phenoxy) is 3. The summed E-state index contributed by atoms with van der Waals surface area (Å²) in [7, 11) is 1.54. The summed E-state index contributed by atoms with van der Waals surface area (Å²) in [5.74, 6) is 1.49. The lowest BCUT2D eigenvalue weighted by atomic mass is 10.1. The van der Waals surface area contributed by atoms with Gasteiger partial charge in [0.05, 0.1) is 12.0 Å². The third-order valence-corrected chi connectivity index (χ3v) is 4.75. The van der Waals surface area contributed by atoms with Crippen LogP contribution in [0.25, 0.3) is 6.08 Å². The molecule has 3 rings (SSSR count). The zero-order valence-electron chi connectivity index (χ0n) is 13.1. The highest BCUT2D eigenvalue weighted by molar-refractivity contribution is 8.18. The Morgan fingerprint density at radius 2 is 2.04 bits per heavy atom. The highest BCUT2D eigenvalue weighted by Crippen LogP contribution is 2.41. The van der Waals surface area contributed by atoms with Crippen molar-refractivity contribution in [3.63, 3.8) is 0 Å². The Hall–Kier alpha value is -2.15. The molecule has 1 saturated heterocycles. The van der Waals surface area contributed by atoms with Crippen LogP contribution in [0, 0.1) is 0 Å². The Morgan fingerprint density at radius 3 is 2.70 bits per heavy atom. The van der Waals surface area contributed by atoms with E-state index in [0.717, 1.165) is 18.2 Å². The number of rotatable bonds is 4. The molecule has 23 heavy (non-hydrogen) atoms. The van der Waals surface area contributed by atoms with E-state index in [1.54, 1.807) is 25.3 Å². The Balaban J connectivity index is 1.96. The highest BCUT2D eigenvalue weighted by Gasteiger charge is 2.37. The summed E-state index contributed by atoms with van der Waals surface area (Å²) in [5, 5.41) is -0.240. The zero-order valence-corrected chi connectivity index (χ0v) is 13.9. The van der Waals surface area contributed by atoms with Crippen LogP contribution < -0.4 is 14.2 Å². The first-order chi connectivity index (χ1) is 11.0. The molecular formula is C16H17NO5S. The van der Waals surface area contributed by atoms with Gasteiger partial charge < -0.3 is 14.2 Å². The third kappa shape index (κ3) is 2.76. The topological polar surface area (TPSA) is 65.1 Å². The van der Waals surface area contributed by atoms with Gasteiger partial charge in [0.1, 0.15) is 5.75 Å². The second kappa shape index (κ2) is 6.16. The van der Waals surface area contributed by atoms with Crippen LogP contribution in [0.5, 0.6) is 17.2 Å². The number of thioether (sulfide) groups is 1. The lowest BCUT2D eigenvalue weighted by Gasteiger charge is -2.19. The zero-order chi connectivity index (χ0) is 16.6. The van der Waals surface area contributed by atoms with Crippen molar-refractivity contribution in [3.8, 4) is 17.2 Å². The maximum atomic E-state index is 12.5. The summed E-state index contributed by atoms with van der Waals surface area (Å²) in [4.78, 5) is 26.2. The second-order valence-corrected chi connectivity index (χ2v) is 6.25. The third-order valence-electron chi connectivity index (χ3n) is 3.87. The average molecular weight is 335 g/mol. The molecule has 122 valence electrons. The number of fused-ring (bicyclic) bond motifs is 1. The normalized spacial score (nSPS) is 19.6. The molecule has 2 aliphatic heterocycles. The molecule has 1 aromatic carbocycles. The number of hydrogen-bond donors (Lipinski definition) is 0. The summed E-state index contributed by atoms with van der Waals surface area (Å²) >= 11 is 0.944. The van der Waals surface area contributed by atoms with Gasteiger partial charge in [-0.2, -0.15) is 0 Å². The van der Waals surface area contributed by atoms with Crippen molar-refractivity contribution >= 4 is 29.0 Å². The summed E-state index contributed by atoms with van der Waals surface area (Å²) in [6.45, 7) is 3.96. The van der Waals surface area contributed by atoms with Gasteiger partial charge in [0.15, 0.2) is 11.5 Å². The van der Waals surface area contributed by atoms with Gasteiger partial charge in [0.25, 0.3) is 11.1 Å². The van der Waals surface area contributed by atoms with Crippen molar-refractivity contribution in [1.29, 1.82) is 0 Å². The largest absolute Gasteiger partial charge is 0.496 e. The number of hydrogen-bond acceptors (Lipinski definition) is 6. The van der Waals surface area contributed by atoms with Crippen molar-refractivity contribution in [1.82, 2.24) is 4.90 Å². The lowest BCUT2D eigenvalue weighted by molar-refractivity contribution is -0.124. The fourth-order valence-corrected chi connectivity index (χ4v) is 3.33. The molecule has 6 nitrogen and oxygen atoms in total. The SMILES string of the molecule is CCC(C)N1C(=O)SC(=Cc2cc3c(cc2OC)OCO3)C1=O. The first kappa shape index (κ1) is 15.7. The smallest absolute Gasteiger partial charge is 0.293 e. The van der Waals surface area contributed by atoms with Gasteiger partial charge in [-0.05, 0) is 37.2 Å². The fraction of sp³-hybridized carbons (Fsp3) is 0.375. The molecule has 1 atom stereocenters. The van der Waals surface area contributed by atoms with Gasteiger partial charge in [-0.3, -0.25) is 14.5 Å². The van der Waals surface area contributed by atoms with E-state index in [1.807, 2.05) is 13.8 Å². The average Bonchev–Trinajstić information content (AvgIpc) is 3.10. The number of imide groups is 1. The number of nitrogens with zero attached hydrogens (tertiary/aromatic N) is 1. The summed E-state index contributed by atoms with van der Waals surface area (Å²) in [6.07, 6.45) is 2.38. The van der Waals surface area contributed by atoms with Crippen molar-refractivity contribution in [2.45, 2.75) is 26.3 Å². The molecule has 0 radical (unpaired) electrons. The minimum absolute atomic E-state index is 0.118. The molecule has 0 bridgehead atoms. The fourth-order valence-electron chi connectivity index (χ4n) is 2.41. The number of carbonyl (C=O) groups excluding carboxylic acids is 2. The molecule has 7 heteroatoms. The van der Waals surface area contributed by atoms with E-state index in [-0.39, 0.29) is 24.0 Å². The van der Waals surface area contributed by atoms with E-state index in [2.05, 4.69) is 0 Å². The maximum Gasteiger partial charge on any atom is 0.293 e. The number of carbonyl (C=O) groups is 2. The number of amides is 2. The maximum absolute atomic E-state index is 12.5. The van der Waals surface area contributed by atoms with E-state index in [1.165, 1.54) is 4.90 Å². The molecular weight excluding hydrogens is 318 g/mol. The van der Waals surface area contributed by atoms with Crippen LogP contribution in [0.2, 0.25) is 0 Å². The Morgan fingerprint density at radius 1 is 1.35 bits per heavy atom. The van der Waals surface area contributed by atoms with E-state index < -0.39 is 0 Å². The molecule has 2 aliphatic rings. The van der Waals surface area contributed by atoms with E-state index in [9.17, 15) is 9.59 Å². The van der Waals surface area contributed by atoms with Crippen LogP contribution in [0.15, 0.2) is 17.0 Å². The quantitative estimate of drug-likeness (QED) is 0.787. The van der Waals surface area contributed by atoms with Crippen molar-refractivity contribution in [2.24, 2.45) is 0 Å². The van der Waals surface area contributed by atoms with Crippen molar-refractivity contribution in [3.05, 3.63) is 22.6 Å². The number of benzene rings is 1. The van der Waals surface area contributed by atoms with Gasteiger partial charge in [-0.1, -0.05) is 6.92 Å². The highest BCUT2D eigenvalue weighted by atomic mass is 32.2.